The highest BCUT2D eigenvalue weighted by molar-refractivity contribution is 7.89. The molecule has 2 heterocycles. The molecule has 0 aromatic carbocycles. The number of nitrogens with zero attached hydrogens (tertiary/aromatic N) is 4. The van der Waals surface area contributed by atoms with Gasteiger partial charge in [0.25, 0.3) is 0 Å². The van der Waals surface area contributed by atoms with Crippen molar-refractivity contribution in [3.8, 4) is 0 Å². The lowest BCUT2D eigenvalue weighted by atomic mass is 10.4. The minimum absolute atomic E-state index is 0.262. The first-order valence-corrected chi connectivity index (χ1v) is 8.33. The van der Waals surface area contributed by atoms with Crippen LogP contribution in [0.15, 0.2) is 29.6 Å². The molecule has 1 aliphatic carbocycles. The van der Waals surface area contributed by atoms with Crippen LogP contribution in [0, 0.1) is 0 Å². The van der Waals surface area contributed by atoms with Gasteiger partial charge in [-0.05, 0) is 18.9 Å². The fourth-order valence-corrected chi connectivity index (χ4v) is 3.30. The van der Waals surface area contributed by atoms with Gasteiger partial charge in [-0.3, -0.25) is 4.68 Å². The van der Waals surface area contributed by atoms with E-state index in [0.29, 0.717) is 19.1 Å². The fraction of sp³-hybridized carbons (Fsp3) is 0.500. The molecule has 0 radical (unpaired) electrons. The van der Waals surface area contributed by atoms with Gasteiger partial charge in [-0.1, -0.05) is 5.21 Å². The average molecular weight is 310 g/mol. The van der Waals surface area contributed by atoms with Crippen LogP contribution in [0.5, 0.6) is 0 Å². The molecule has 1 aliphatic rings. The normalized spacial score (nSPS) is 15.5. The molecule has 0 amide bonds. The summed E-state index contributed by atoms with van der Waals surface area (Å²) in [6.45, 7) is 1.04. The lowest BCUT2D eigenvalue weighted by molar-refractivity contribution is 0.552. The summed E-state index contributed by atoms with van der Waals surface area (Å²) >= 11 is 0. The predicted molar refractivity (Wildman–Crippen MR) is 75.8 cm³/mol. The Morgan fingerprint density at radius 1 is 1.43 bits per heavy atom. The molecule has 2 aromatic heterocycles. The van der Waals surface area contributed by atoms with E-state index in [4.69, 9.17) is 5.73 Å². The van der Waals surface area contributed by atoms with Crippen molar-refractivity contribution in [3.05, 3.63) is 30.4 Å². The Morgan fingerprint density at radius 3 is 2.86 bits per heavy atom. The third-order valence-corrected chi connectivity index (χ3v) is 4.90. The summed E-state index contributed by atoms with van der Waals surface area (Å²) in [6.07, 6.45) is 7.08. The summed E-state index contributed by atoms with van der Waals surface area (Å²) < 4.78 is 30.7. The quantitative estimate of drug-likeness (QED) is 0.739. The molecule has 3 rings (SSSR count). The van der Waals surface area contributed by atoms with E-state index in [1.807, 2.05) is 4.57 Å². The molecule has 1 saturated carbocycles. The summed E-state index contributed by atoms with van der Waals surface area (Å²) in [5.74, 6) is 0. The summed E-state index contributed by atoms with van der Waals surface area (Å²) in [4.78, 5) is 0.272. The van der Waals surface area contributed by atoms with Gasteiger partial charge in [0.05, 0.1) is 17.6 Å². The van der Waals surface area contributed by atoms with E-state index in [0.717, 1.165) is 18.5 Å². The maximum absolute atomic E-state index is 12.3. The largest absolute Gasteiger partial charge is 0.346 e. The maximum atomic E-state index is 12.3. The smallest absolute Gasteiger partial charge is 0.242 e. The molecule has 0 atom stereocenters. The predicted octanol–water partition coefficient (Wildman–Crippen LogP) is -0.148. The fourth-order valence-electron chi connectivity index (χ4n) is 2.23. The van der Waals surface area contributed by atoms with E-state index < -0.39 is 10.0 Å². The first kappa shape index (κ1) is 14.2. The molecule has 0 unspecified atom stereocenters. The van der Waals surface area contributed by atoms with Gasteiger partial charge < -0.3 is 10.3 Å². The molecule has 2 aromatic rings. The summed E-state index contributed by atoms with van der Waals surface area (Å²) in [5, 5.41) is 7.45. The summed E-state index contributed by atoms with van der Waals surface area (Å²) in [6, 6.07) is 2.05. The zero-order valence-corrected chi connectivity index (χ0v) is 12.3. The van der Waals surface area contributed by atoms with Crippen molar-refractivity contribution in [1.29, 1.82) is 0 Å². The van der Waals surface area contributed by atoms with Crippen LogP contribution in [0.1, 0.15) is 24.6 Å². The minimum atomic E-state index is -3.52. The highest BCUT2D eigenvalue weighted by atomic mass is 32.2. The molecule has 3 N–H and O–H groups in total. The van der Waals surface area contributed by atoms with Crippen molar-refractivity contribution in [1.82, 2.24) is 24.3 Å². The third kappa shape index (κ3) is 3.14. The van der Waals surface area contributed by atoms with Gasteiger partial charge in [0.1, 0.15) is 0 Å². The molecule has 0 aliphatic heterocycles. The Bertz CT molecular complexity index is 702. The zero-order chi connectivity index (χ0) is 14.9. The molecule has 0 bridgehead atoms. The lowest BCUT2D eigenvalue weighted by Gasteiger charge is -2.05. The van der Waals surface area contributed by atoms with Gasteiger partial charge in [-0.25, -0.2) is 13.1 Å². The Labute approximate surface area is 123 Å². The molecule has 9 heteroatoms. The van der Waals surface area contributed by atoms with Gasteiger partial charge in [-0.15, -0.1) is 5.10 Å². The number of hydrogen-bond donors (Lipinski definition) is 2. The number of nitrogens with one attached hydrogen (secondary N) is 1. The van der Waals surface area contributed by atoms with Crippen LogP contribution in [-0.4, -0.2) is 34.5 Å². The van der Waals surface area contributed by atoms with Crippen LogP contribution >= 0.6 is 0 Å². The minimum Gasteiger partial charge on any atom is -0.346 e. The first-order valence-electron chi connectivity index (χ1n) is 6.85. The molecule has 0 spiro atoms. The SMILES string of the molecule is NCc1cc(S(=O)(=O)NCCn2ccnn2)cn1C1CC1. The van der Waals surface area contributed by atoms with Crippen LogP contribution in [0.3, 0.4) is 0 Å². The van der Waals surface area contributed by atoms with Gasteiger partial charge in [-0.2, -0.15) is 0 Å². The second-order valence-electron chi connectivity index (χ2n) is 5.07. The number of rotatable bonds is 7. The Balaban J connectivity index is 1.69. The topological polar surface area (TPSA) is 108 Å². The summed E-state index contributed by atoms with van der Waals surface area (Å²) in [7, 11) is -3.52. The van der Waals surface area contributed by atoms with Gasteiger partial charge >= 0.3 is 0 Å². The van der Waals surface area contributed by atoms with Gasteiger partial charge in [0, 0.05) is 37.2 Å². The molecular formula is C12H18N6O2S. The van der Waals surface area contributed by atoms with E-state index in [2.05, 4.69) is 15.0 Å². The molecule has 8 nitrogen and oxygen atoms in total. The number of hydrogen-bond acceptors (Lipinski definition) is 5. The first-order chi connectivity index (χ1) is 10.1. The second-order valence-corrected chi connectivity index (χ2v) is 6.84. The monoisotopic (exact) mass is 310 g/mol. The van der Waals surface area contributed by atoms with E-state index >= 15 is 0 Å². The zero-order valence-electron chi connectivity index (χ0n) is 11.5. The molecule has 114 valence electrons. The Kier molecular flexibility index (Phi) is 3.79. The third-order valence-electron chi connectivity index (χ3n) is 3.47. The molecule has 0 saturated heterocycles. The van der Waals surface area contributed by atoms with Crippen LogP contribution in [0.2, 0.25) is 0 Å². The Morgan fingerprint density at radius 2 is 2.24 bits per heavy atom. The van der Waals surface area contributed by atoms with Crippen LogP contribution in [0.4, 0.5) is 0 Å². The van der Waals surface area contributed by atoms with Crippen molar-refractivity contribution >= 4 is 10.0 Å². The van der Waals surface area contributed by atoms with Crippen molar-refractivity contribution in [2.24, 2.45) is 5.73 Å². The molecule has 1 fully saturated rings. The highest BCUT2D eigenvalue weighted by Crippen LogP contribution is 2.37. The van der Waals surface area contributed by atoms with Crippen LogP contribution in [0.25, 0.3) is 0 Å². The average Bonchev–Trinajstić information content (AvgIpc) is 3.00. The van der Waals surface area contributed by atoms with Crippen molar-refractivity contribution in [2.75, 3.05) is 6.54 Å². The Hall–Kier alpha value is -1.71. The van der Waals surface area contributed by atoms with E-state index in [1.165, 1.54) is 0 Å². The van der Waals surface area contributed by atoms with Gasteiger partial charge in [0.2, 0.25) is 10.0 Å². The molecule has 21 heavy (non-hydrogen) atoms. The van der Waals surface area contributed by atoms with E-state index in [-0.39, 0.29) is 11.4 Å². The second kappa shape index (κ2) is 5.58. The molecular weight excluding hydrogens is 292 g/mol. The van der Waals surface area contributed by atoms with E-state index in [1.54, 1.807) is 29.3 Å². The number of aromatic nitrogens is 4. The van der Waals surface area contributed by atoms with E-state index in [9.17, 15) is 8.42 Å². The van der Waals surface area contributed by atoms with Crippen LogP contribution < -0.4 is 10.5 Å². The summed E-state index contributed by atoms with van der Waals surface area (Å²) in [5.41, 5.74) is 6.54. The number of sulfonamides is 1. The standard InChI is InChI=1S/C12H18N6O2S/c13-8-11-7-12(9-18(11)10-1-2-10)21(19,20)15-4-6-17-5-3-14-16-17/h3,5,7,9-10,15H,1-2,4,6,8,13H2. The number of nitrogens with two attached hydrogens (primary N) is 1. The van der Waals surface area contributed by atoms with Crippen LogP contribution in [-0.2, 0) is 23.1 Å². The highest BCUT2D eigenvalue weighted by Gasteiger charge is 2.27. The van der Waals surface area contributed by atoms with Crippen molar-refractivity contribution in [3.63, 3.8) is 0 Å². The maximum Gasteiger partial charge on any atom is 0.242 e. The van der Waals surface area contributed by atoms with Crippen molar-refractivity contribution in [2.45, 2.75) is 36.9 Å². The van der Waals surface area contributed by atoms with Gasteiger partial charge in [0.15, 0.2) is 0 Å². The van der Waals surface area contributed by atoms with Crippen molar-refractivity contribution < 1.29 is 8.42 Å². The lowest BCUT2D eigenvalue weighted by Crippen LogP contribution is -2.27.